The van der Waals surface area contributed by atoms with Crippen LogP contribution in [0.25, 0.3) is 0 Å². The van der Waals surface area contributed by atoms with Gasteiger partial charge in [-0.2, -0.15) is 4.31 Å². The highest BCUT2D eigenvalue weighted by molar-refractivity contribution is 7.89. The second-order valence-electron chi connectivity index (χ2n) is 5.44. The van der Waals surface area contributed by atoms with E-state index in [1.165, 1.54) is 28.6 Å². The highest BCUT2D eigenvalue weighted by Crippen LogP contribution is 2.27. The summed E-state index contributed by atoms with van der Waals surface area (Å²) >= 11 is 6.05. The SMILES string of the molecule is CCN(CC)S(=O)(=O)c1ccc(Cl)c(NC(=O)COC(=O)c2ccc[nH]2)c1. The quantitative estimate of drug-likeness (QED) is 0.646. The lowest BCUT2D eigenvalue weighted by Crippen LogP contribution is -2.30. The Morgan fingerprint density at radius 1 is 1.22 bits per heavy atom. The molecule has 1 amide bonds. The van der Waals surface area contributed by atoms with Crippen LogP contribution in [0.5, 0.6) is 0 Å². The number of aromatic amines is 1. The Kier molecular flexibility index (Phi) is 7.00. The molecule has 0 bridgehead atoms. The number of nitrogens with one attached hydrogen (secondary N) is 2. The lowest BCUT2D eigenvalue weighted by molar-refractivity contribution is -0.119. The van der Waals surface area contributed by atoms with Crippen LogP contribution in [0.2, 0.25) is 5.02 Å². The molecule has 0 spiro atoms. The van der Waals surface area contributed by atoms with Crippen molar-refractivity contribution >= 4 is 39.2 Å². The van der Waals surface area contributed by atoms with Crippen molar-refractivity contribution < 1.29 is 22.7 Å². The van der Waals surface area contributed by atoms with Gasteiger partial charge >= 0.3 is 5.97 Å². The topological polar surface area (TPSA) is 109 Å². The Balaban J connectivity index is 2.10. The Bertz CT molecular complexity index is 909. The highest BCUT2D eigenvalue weighted by atomic mass is 35.5. The molecule has 2 aromatic rings. The monoisotopic (exact) mass is 413 g/mol. The third kappa shape index (κ3) is 5.09. The molecule has 0 saturated heterocycles. The fraction of sp³-hybridized carbons (Fsp3) is 0.294. The van der Waals surface area contributed by atoms with Crippen LogP contribution in [-0.4, -0.2) is 49.3 Å². The van der Waals surface area contributed by atoms with E-state index in [2.05, 4.69) is 10.3 Å². The summed E-state index contributed by atoms with van der Waals surface area (Å²) in [6, 6.07) is 7.17. The third-order valence-electron chi connectivity index (χ3n) is 3.71. The summed E-state index contributed by atoms with van der Waals surface area (Å²) in [5, 5.41) is 2.62. The number of hydrogen-bond donors (Lipinski definition) is 2. The third-order valence-corrected chi connectivity index (χ3v) is 6.08. The van der Waals surface area contributed by atoms with Crippen LogP contribution in [0.15, 0.2) is 41.4 Å². The maximum absolute atomic E-state index is 12.6. The molecular weight excluding hydrogens is 394 g/mol. The normalized spacial score (nSPS) is 11.4. The molecule has 0 radical (unpaired) electrons. The average molecular weight is 414 g/mol. The van der Waals surface area contributed by atoms with Gasteiger partial charge in [0.05, 0.1) is 15.6 Å². The number of rotatable bonds is 8. The first-order valence-electron chi connectivity index (χ1n) is 8.19. The number of ether oxygens (including phenoxy) is 1. The minimum Gasteiger partial charge on any atom is -0.451 e. The largest absolute Gasteiger partial charge is 0.451 e. The first-order valence-corrected chi connectivity index (χ1v) is 10.0. The lowest BCUT2D eigenvalue weighted by Gasteiger charge is -2.19. The van der Waals surface area contributed by atoms with Crippen molar-refractivity contribution in [2.45, 2.75) is 18.7 Å². The fourth-order valence-corrected chi connectivity index (χ4v) is 3.98. The van der Waals surface area contributed by atoms with Gasteiger partial charge in [-0.15, -0.1) is 0 Å². The number of amides is 1. The van der Waals surface area contributed by atoms with E-state index in [0.29, 0.717) is 13.1 Å². The number of H-pyrrole nitrogens is 1. The standard InChI is InChI=1S/C17H20ClN3O5S/c1-3-21(4-2)27(24,25)12-7-8-13(18)15(10-12)20-16(22)11-26-17(23)14-6-5-9-19-14/h5-10,19H,3-4,11H2,1-2H3,(H,20,22). The summed E-state index contributed by atoms with van der Waals surface area (Å²) in [5.74, 6) is -1.33. The molecule has 1 aromatic heterocycles. The number of esters is 1. The van der Waals surface area contributed by atoms with Gasteiger partial charge in [0, 0.05) is 19.3 Å². The van der Waals surface area contributed by atoms with Crippen LogP contribution < -0.4 is 5.32 Å². The van der Waals surface area contributed by atoms with Crippen molar-refractivity contribution in [1.82, 2.24) is 9.29 Å². The average Bonchev–Trinajstić information content (AvgIpc) is 3.17. The molecule has 0 saturated carbocycles. The minimum absolute atomic E-state index is 0.00859. The first kappa shape index (κ1) is 20.9. The molecule has 27 heavy (non-hydrogen) atoms. The zero-order valence-corrected chi connectivity index (χ0v) is 16.4. The van der Waals surface area contributed by atoms with Crippen molar-refractivity contribution in [3.05, 3.63) is 47.2 Å². The molecule has 10 heteroatoms. The van der Waals surface area contributed by atoms with E-state index in [1.54, 1.807) is 26.1 Å². The second kappa shape index (κ2) is 9.03. The zero-order chi connectivity index (χ0) is 20.0. The number of anilines is 1. The molecule has 2 N–H and O–H groups in total. The van der Waals surface area contributed by atoms with Crippen molar-refractivity contribution in [2.24, 2.45) is 0 Å². The molecule has 0 aliphatic heterocycles. The van der Waals surface area contributed by atoms with Crippen LogP contribution in [0.1, 0.15) is 24.3 Å². The summed E-state index contributed by atoms with van der Waals surface area (Å²) < 4.78 is 31.3. The van der Waals surface area contributed by atoms with Crippen LogP contribution in [0.3, 0.4) is 0 Å². The molecule has 146 valence electrons. The zero-order valence-electron chi connectivity index (χ0n) is 14.9. The summed E-state index contributed by atoms with van der Waals surface area (Å²) in [6.07, 6.45) is 1.55. The molecule has 1 heterocycles. The number of carbonyl (C=O) groups is 2. The molecular formula is C17H20ClN3O5S. The van der Waals surface area contributed by atoms with Gasteiger partial charge in [-0.05, 0) is 30.3 Å². The Morgan fingerprint density at radius 2 is 1.93 bits per heavy atom. The minimum atomic E-state index is -3.70. The van der Waals surface area contributed by atoms with Gasteiger partial charge in [0.25, 0.3) is 5.91 Å². The van der Waals surface area contributed by atoms with E-state index < -0.39 is 28.5 Å². The van der Waals surface area contributed by atoms with Crippen LogP contribution in [0.4, 0.5) is 5.69 Å². The molecule has 2 rings (SSSR count). The van der Waals surface area contributed by atoms with Crippen molar-refractivity contribution in [2.75, 3.05) is 25.0 Å². The maximum Gasteiger partial charge on any atom is 0.355 e. The van der Waals surface area contributed by atoms with Gasteiger partial charge in [0.2, 0.25) is 10.0 Å². The van der Waals surface area contributed by atoms with Crippen molar-refractivity contribution in [1.29, 1.82) is 0 Å². The van der Waals surface area contributed by atoms with E-state index in [9.17, 15) is 18.0 Å². The Labute approximate surface area is 162 Å². The van der Waals surface area contributed by atoms with E-state index >= 15 is 0 Å². The van der Waals surface area contributed by atoms with Crippen molar-refractivity contribution in [3.63, 3.8) is 0 Å². The number of hydrogen-bond acceptors (Lipinski definition) is 5. The van der Waals surface area contributed by atoms with E-state index in [1.807, 2.05) is 0 Å². The molecule has 0 atom stereocenters. The smallest absolute Gasteiger partial charge is 0.355 e. The molecule has 0 fully saturated rings. The van der Waals surface area contributed by atoms with Crippen LogP contribution in [-0.2, 0) is 19.6 Å². The lowest BCUT2D eigenvalue weighted by atomic mass is 10.3. The highest BCUT2D eigenvalue weighted by Gasteiger charge is 2.23. The summed E-state index contributed by atoms with van der Waals surface area (Å²) in [6.45, 7) is 3.56. The van der Waals surface area contributed by atoms with Gasteiger partial charge in [-0.3, -0.25) is 4.79 Å². The van der Waals surface area contributed by atoms with Gasteiger partial charge in [-0.1, -0.05) is 25.4 Å². The van der Waals surface area contributed by atoms with E-state index in [0.717, 1.165) is 0 Å². The van der Waals surface area contributed by atoms with Crippen LogP contribution >= 0.6 is 11.6 Å². The number of aromatic nitrogens is 1. The summed E-state index contributed by atoms with van der Waals surface area (Å²) in [5.41, 5.74) is 0.332. The number of halogens is 1. The predicted molar refractivity (Wildman–Crippen MR) is 101 cm³/mol. The van der Waals surface area contributed by atoms with Gasteiger partial charge in [0.1, 0.15) is 5.69 Å². The number of nitrogens with zero attached hydrogens (tertiary/aromatic N) is 1. The molecule has 0 aliphatic rings. The maximum atomic E-state index is 12.6. The van der Waals surface area contributed by atoms with Crippen LogP contribution in [0, 0.1) is 0 Å². The predicted octanol–water partition coefficient (Wildman–Crippen LogP) is 2.49. The van der Waals surface area contributed by atoms with Crippen molar-refractivity contribution in [3.8, 4) is 0 Å². The second-order valence-corrected chi connectivity index (χ2v) is 7.78. The molecule has 1 aromatic carbocycles. The number of sulfonamides is 1. The Morgan fingerprint density at radius 3 is 2.52 bits per heavy atom. The Hall–Kier alpha value is -2.36. The van der Waals surface area contributed by atoms with E-state index in [4.69, 9.17) is 16.3 Å². The molecule has 0 unspecified atom stereocenters. The van der Waals surface area contributed by atoms with Gasteiger partial charge < -0.3 is 15.0 Å². The number of benzene rings is 1. The number of carbonyl (C=O) groups excluding carboxylic acids is 2. The fourth-order valence-electron chi connectivity index (χ4n) is 2.33. The molecule has 0 aliphatic carbocycles. The van der Waals surface area contributed by atoms with Gasteiger partial charge in [-0.25, -0.2) is 13.2 Å². The summed E-state index contributed by atoms with van der Waals surface area (Å²) in [7, 11) is -3.70. The van der Waals surface area contributed by atoms with Gasteiger partial charge in [0.15, 0.2) is 6.61 Å². The summed E-state index contributed by atoms with van der Waals surface area (Å²) in [4.78, 5) is 26.4. The van der Waals surface area contributed by atoms with E-state index in [-0.39, 0.29) is 21.3 Å². The first-order chi connectivity index (χ1) is 12.8. The molecule has 8 nitrogen and oxygen atoms in total.